The highest BCUT2D eigenvalue weighted by Crippen LogP contribution is 2.32. The van der Waals surface area contributed by atoms with Crippen LogP contribution < -0.4 is 5.32 Å². The monoisotopic (exact) mass is 343 g/mol. The molecule has 7 heteroatoms. The van der Waals surface area contributed by atoms with Gasteiger partial charge in [0.05, 0.1) is 7.11 Å². The third kappa shape index (κ3) is 3.45. The number of nitrogens with one attached hydrogen (secondary N) is 1. The summed E-state index contributed by atoms with van der Waals surface area (Å²) in [5.41, 5.74) is 2.04. The third-order valence-corrected chi connectivity index (χ3v) is 4.13. The first kappa shape index (κ1) is 16.9. The number of fused-ring (bicyclic) bond motifs is 1. The van der Waals surface area contributed by atoms with Crippen LogP contribution in [0.1, 0.15) is 22.9 Å². The molecule has 0 radical (unpaired) electrons. The highest BCUT2D eigenvalue weighted by atomic mass is 19.1. The van der Waals surface area contributed by atoms with Crippen molar-refractivity contribution in [2.45, 2.75) is 19.4 Å². The predicted molar refractivity (Wildman–Crippen MR) is 89.6 cm³/mol. The minimum atomic E-state index is -0.978. The molecular formula is C18H18FN3O3. The Labute approximate surface area is 144 Å². The van der Waals surface area contributed by atoms with Gasteiger partial charge in [-0.1, -0.05) is 12.1 Å². The first-order valence-electron chi connectivity index (χ1n) is 7.87. The number of carbonyl (C=O) groups excluding carboxylic acids is 2. The summed E-state index contributed by atoms with van der Waals surface area (Å²) in [7, 11) is 1.25. The molecule has 1 aromatic heterocycles. The van der Waals surface area contributed by atoms with Gasteiger partial charge in [0.25, 0.3) is 5.91 Å². The Hall–Kier alpha value is -2.96. The molecule has 0 saturated carbocycles. The van der Waals surface area contributed by atoms with Gasteiger partial charge < -0.3 is 10.1 Å². The fraction of sp³-hybridized carbons (Fsp3) is 0.278. The summed E-state index contributed by atoms with van der Waals surface area (Å²) in [6, 6.07) is 8.54. The molecule has 0 fully saturated rings. The average molecular weight is 343 g/mol. The molecule has 0 aliphatic carbocycles. The van der Waals surface area contributed by atoms with Crippen LogP contribution in [-0.4, -0.2) is 35.5 Å². The van der Waals surface area contributed by atoms with E-state index in [1.54, 1.807) is 18.2 Å². The number of methoxy groups -OCH3 is 1. The third-order valence-electron chi connectivity index (χ3n) is 4.13. The fourth-order valence-corrected chi connectivity index (χ4v) is 2.99. The highest BCUT2D eigenvalue weighted by molar-refractivity contribution is 5.97. The summed E-state index contributed by atoms with van der Waals surface area (Å²) in [4.78, 5) is 30.5. The molecule has 2 heterocycles. The molecule has 25 heavy (non-hydrogen) atoms. The Bertz CT molecular complexity index is 825. The van der Waals surface area contributed by atoms with Crippen molar-refractivity contribution >= 4 is 17.8 Å². The highest BCUT2D eigenvalue weighted by Gasteiger charge is 2.37. The van der Waals surface area contributed by atoms with E-state index in [0.717, 1.165) is 11.3 Å². The molecule has 2 aromatic rings. The normalized spacial score (nSPS) is 16.1. The smallest absolute Gasteiger partial charge is 0.410 e. The number of anilines is 1. The maximum absolute atomic E-state index is 13.7. The molecule has 1 aromatic carbocycles. The number of nitrogens with zero attached hydrogens (tertiary/aromatic N) is 2. The quantitative estimate of drug-likeness (QED) is 0.910. The van der Waals surface area contributed by atoms with Crippen molar-refractivity contribution in [3.05, 3.63) is 59.0 Å². The molecule has 0 saturated heterocycles. The molecule has 1 aliphatic rings. The van der Waals surface area contributed by atoms with Gasteiger partial charge in [0.15, 0.2) is 0 Å². The first-order valence-corrected chi connectivity index (χ1v) is 7.87. The van der Waals surface area contributed by atoms with Crippen molar-refractivity contribution in [1.82, 2.24) is 9.88 Å². The van der Waals surface area contributed by atoms with Crippen LogP contribution in [0.4, 0.5) is 15.0 Å². The van der Waals surface area contributed by atoms with Crippen molar-refractivity contribution in [2.75, 3.05) is 19.0 Å². The summed E-state index contributed by atoms with van der Waals surface area (Å²) in [6.07, 6.45) is -0.107. The van der Waals surface area contributed by atoms with E-state index in [0.29, 0.717) is 24.3 Å². The van der Waals surface area contributed by atoms with Gasteiger partial charge in [-0.3, -0.25) is 9.69 Å². The van der Waals surface area contributed by atoms with E-state index in [1.165, 1.54) is 24.1 Å². The Morgan fingerprint density at radius 3 is 2.84 bits per heavy atom. The molecule has 130 valence electrons. The second-order valence-electron chi connectivity index (χ2n) is 5.81. The maximum atomic E-state index is 13.7. The number of aryl methyl sites for hydroxylation is 1. The van der Waals surface area contributed by atoms with Crippen LogP contribution in [0.2, 0.25) is 0 Å². The Balaban J connectivity index is 1.97. The Morgan fingerprint density at radius 1 is 1.32 bits per heavy atom. The van der Waals surface area contributed by atoms with Gasteiger partial charge in [-0.25, -0.2) is 14.2 Å². The van der Waals surface area contributed by atoms with Crippen molar-refractivity contribution in [3.8, 4) is 0 Å². The molecular weight excluding hydrogens is 325 g/mol. The molecule has 0 unspecified atom stereocenters. The SMILES string of the molecule is COC(=O)N1CCc2ccc(F)cc2[C@@H]1C(=O)Nc1cccc(C)n1. The number of carbonyl (C=O) groups is 2. The van der Waals surface area contributed by atoms with Crippen LogP contribution in [0, 0.1) is 12.7 Å². The van der Waals surface area contributed by atoms with E-state index in [1.807, 2.05) is 13.0 Å². The van der Waals surface area contributed by atoms with Crippen molar-refractivity contribution in [1.29, 1.82) is 0 Å². The Morgan fingerprint density at radius 2 is 2.12 bits per heavy atom. The molecule has 0 spiro atoms. The van der Waals surface area contributed by atoms with E-state index >= 15 is 0 Å². The van der Waals surface area contributed by atoms with Gasteiger partial charge in [0.1, 0.15) is 17.7 Å². The number of hydrogen-bond acceptors (Lipinski definition) is 4. The standard InChI is InChI=1S/C18H18FN3O3/c1-11-4-3-5-15(20-11)21-17(23)16-14-10-13(19)7-6-12(14)8-9-22(16)18(24)25-2/h3-7,10,16H,8-9H2,1-2H3,(H,20,21,23)/t16-/m1/s1. The summed E-state index contributed by atoms with van der Waals surface area (Å²) >= 11 is 0. The molecule has 2 amide bonds. The fourth-order valence-electron chi connectivity index (χ4n) is 2.99. The first-order chi connectivity index (χ1) is 12.0. The van der Waals surface area contributed by atoms with Gasteiger partial charge in [-0.05, 0) is 48.7 Å². The minimum Gasteiger partial charge on any atom is -0.453 e. The van der Waals surface area contributed by atoms with Gasteiger partial charge in [-0.15, -0.1) is 0 Å². The lowest BCUT2D eigenvalue weighted by Crippen LogP contribution is -2.45. The summed E-state index contributed by atoms with van der Waals surface area (Å²) in [5.74, 6) is -0.551. The van der Waals surface area contributed by atoms with Gasteiger partial charge in [0.2, 0.25) is 0 Å². The lowest BCUT2D eigenvalue weighted by Gasteiger charge is -2.35. The van der Waals surface area contributed by atoms with Crippen LogP contribution in [0.15, 0.2) is 36.4 Å². The topological polar surface area (TPSA) is 71.5 Å². The molecule has 3 rings (SSSR count). The van der Waals surface area contributed by atoms with Gasteiger partial charge in [0, 0.05) is 12.2 Å². The number of aromatic nitrogens is 1. The lowest BCUT2D eigenvalue weighted by molar-refractivity contribution is -0.121. The van der Waals surface area contributed by atoms with Crippen LogP contribution in [-0.2, 0) is 16.0 Å². The van der Waals surface area contributed by atoms with Crippen molar-refractivity contribution in [2.24, 2.45) is 0 Å². The average Bonchev–Trinajstić information content (AvgIpc) is 2.59. The predicted octanol–water partition coefficient (Wildman–Crippen LogP) is 2.83. The number of hydrogen-bond donors (Lipinski definition) is 1. The van der Waals surface area contributed by atoms with E-state index < -0.39 is 23.9 Å². The van der Waals surface area contributed by atoms with Gasteiger partial charge in [-0.2, -0.15) is 0 Å². The van der Waals surface area contributed by atoms with E-state index in [4.69, 9.17) is 4.74 Å². The lowest BCUT2D eigenvalue weighted by atomic mass is 9.92. The van der Waals surface area contributed by atoms with Crippen molar-refractivity contribution in [3.63, 3.8) is 0 Å². The van der Waals surface area contributed by atoms with Crippen LogP contribution >= 0.6 is 0 Å². The van der Waals surface area contributed by atoms with Gasteiger partial charge >= 0.3 is 6.09 Å². The van der Waals surface area contributed by atoms with Crippen LogP contribution in [0.25, 0.3) is 0 Å². The number of amides is 2. The summed E-state index contributed by atoms with van der Waals surface area (Å²) in [5, 5.41) is 2.70. The number of pyridine rings is 1. The number of ether oxygens (including phenoxy) is 1. The van der Waals surface area contributed by atoms with Crippen LogP contribution in [0.3, 0.4) is 0 Å². The largest absolute Gasteiger partial charge is 0.453 e. The molecule has 6 nitrogen and oxygen atoms in total. The maximum Gasteiger partial charge on any atom is 0.410 e. The number of benzene rings is 1. The minimum absolute atomic E-state index is 0.310. The number of halogens is 1. The zero-order valence-electron chi connectivity index (χ0n) is 14.0. The van der Waals surface area contributed by atoms with Crippen molar-refractivity contribution < 1.29 is 18.7 Å². The molecule has 1 atom stereocenters. The molecule has 1 N–H and O–H groups in total. The number of rotatable bonds is 2. The summed E-state index contributed by atoms with van der Waals surface area (Å²) in [6.45, 7) is 2.12. The second-order valence-corrected chi connectivity index (χ2v) is 5.81. The molecule has 0 bridgehead atoms. The summed E-state index contributed by atoms with van der Waals surface area (Å²) < 4.78 is 18.5. The van der Waals surface area contributed by atoms with E-state index in [9.17, 15) is 14.0 Å². The second kappa shape index (κ2) is 6.88. The zero-order chi connectivity index (χ0) is 18.0. The molecule has 1 aliphatic heterocycles. The Kier molecular flexibility index (Phi) is 4.65. The van der Waals surface area contributed by atoms with Crippen LogP contribution in [0.5, 0.6) is 0 Å². The van der Waals surface area contributed by atoms with E-state index in [2.05, 4.69) is 10.3 Å². The van der Waals surface area contributed by atoms with E-state index in [-0.39, 0.29) is 0 Å². The zero-order valence-corrected chi connectivity index (χ0v) is 14.0.